The summed E-state index contributed by atoms with van der Waals surface area (Å²) in [4.78, 5) is 0. The highest BCUT2D eigenvalue weighted by atomic mass is 16.5. The predicted molar refractivity (Wildman–Crippen MR) is 116 cm³/mol. The molecule has 1 aromatic carbocycles. The van der Waals surface area contributed by atoms with Crippen molar-refractivity contribution >= 4 is 5.57 Å². The van der Waals surface area contributed by atoms with Gasteiger partial charge in [0, 0.05) is 43.3 Å². The Kier molecular flexibility index (Phi) is 3.58. The van der Waals surface area contributed by atoms with Gasteiger partial charge in [-0.25, -0.2) is 4.68 Å². The topological polar surface area (TPSA) is 67.8 Å². The normalized spacial score (nSPS) is 26.2. The number of benzene rings is 1. The van der Waals surface area contributed by atoms with Crippen molar-refractivity contribution in [3.8, 4) is 5.69 Å². The number of nitrogens with one attached hydrogen (secondary N) is 2. The number of rotatable bonds is 2. The molecule has 0 bridgehead atoms. The van der Waals surface area contributed by atoms with Crippen molar-refractivity contribution in [2.24, 2.45) is 0 Å². The van der Waals surface area contributed by atoms with Gasteiger partial charge in [-0.3, -0.25) is 5.10 Å². The number of methoxy groups -OCH3 is 1. The van der Waals surface area contributed by atoms with Gasteiger partial charge in [0.1, 0.15) is 5.60 Å². The van der Waals surface area contributed by atoms with Gasteiger partial charge in [-0.15, -0.1) is 0 Å². The van der Waals surface area contributed by atoms with Crippen molar-refractivity contribution in [2.75, 3.05) is 13.7 Å². The Bertz CT molecular complexity index is 1220. The number of hydrogen-bond donors (Lipinski definition) is 2. The maximum Gasteiger partial charge on any atom is 0.125 e. The first-order valence-corrected chi connectivity index (χ1v) is 10.8. The molecule has 30 heavy (non-hydrogen) atoms. The molecule has 2 aromatic heterocycles. The summed E-state index contributed by atoms with van der Waals surface area (Å²) < 4.78 is 8.27. The van der Waals surface area contributed by atoms with E-state index in [-0.39, 0.29) is 5.41 Å². The number of aryl methyl sites for hydroxylation is 1. The number of fused-ring (bicyclic) bond motifs is 10. The Morgan fingerprint density at radius 2 is 2.13 bits per heavy atom. The molecular formula is C24H27N5O. The van der Waals surface area contributed by atoms with E-state index in [4.69, 9.17) is 9.84 Å². The van der Waals surface area contributed by atoms with Crippen LogP contribution >= 0.6 is 0 Å². The fraction of sp³-hybridized carbons (Fsp3) is 0.417. The van der Waals surface area contributed by atoms with E-state index in [1.807, 2.05) is 6.20 Å². The van der Waals surface area contributed by atoms with Gasteiger partial charge < -0.3 is 10.1 Å². The molecule has 0 radical (unpaired) electrons. The molecular weight excluding hydrogens is 374 g/mol. The van der Waals surface area contributed by atoms with Crippen molar-refractivity contribution < 1.29 is 4.74 Å². The SMILES string of the molecule is CCc1cccc2c1-n1nc3c(c1C1(C)C2=CC(C)(OC)c2[nH]ncc21)CNCC3. The monoisotopic (exact) mass is 401 g/mol. The Morgan fingerprint density at radius 3 is 2.93 bits per heavy atom. The van der Waals surface area contributed by atoms with Crippen molar-refractivity contribution in [3.63, 3.8) is 0 Å². The van der Waals surface area contributed by atoms with E-state index >= 15 is 0 Å². The van der Waals surface area contributed by atoms with Crippen LogP contribution in [-0.4, -0.2) is 33.6 Å². The number of allylic oxidation sites excluding steroid dienone is 1. The fourth-order valence-corrected chi connectivity index (χ4v) is 5.77. The van der Waals surface area contributed by atoms with Gasteiger partial charge in [0.05, 0.1) is 34.4 Å². The summed E-state index contributed by atoms with van der Waals surface area (Å²) in [5, 5.41) is 16.4. The quantitative estimate of drug-likeness (QED) is 0.691. The van der Waals surface area contributed by atoms with Crippen LogP contribution in [0.2, 0.25) is 0 Å². The van der Waals surface area contributed by atoms with Gasteiger partial charge in [0.25, 0.3) is 0 Å². The highest BCUT2D eigenvalue weighted by Gasteiger charge is 2.52. The zero-order chi connectivity index (χ0) is 20.7. The second-order valence-electron chi connectivity index (χ2n) is 8.93. The Balaban J connectivity index is 1.79. The molecule has 2 atom stereocenters. The Hall–Kier alpha value is -2.70. The smallest absolute Gasteiger partial charge is 0.125 e. The van der Waals surface area contributed by atoms with Crippen LogP contribution in [0.3, 0.4) is 0 Å². The molecule has 4 heterocycles. The van der Waals surface area contributed by atoms with Crippen LogP contribution in [0, 0.1) is 0 Å². The maximum atomic E-state index is 6.03. The van der Waals surface area contributed by atoms with Gasteiger partial charge >= 0.3 is 0 Å². The first-order chi connectivity index (χ1) is 14.5. The summed E-state index contributed by atoms with van der Waals surface area (Å²) in [6.45, 7) is 8.49. The lowest BCUT2D eigenvalue weighted by Gasteiger charge is -2.45. The summed E-state index contributed by atoms with van der Waals surface area (Å²) in [6, 6.07) is 6.64. The molecule has 2 N–H and O–H groups in total. The predicted octanol–water partition coefficient (Wildman–Crippen LogP) is 3.38. The molecule has 6 rings (SSSR count). The van der Waals surface area contributed by atoms with Crippen LogP contribution in [0.25, 0.3) is 11.3 Å². The van der Waals surface area contributed by atoms with Crippen molar-refractivity contribution in [2.45, 2.75) is 51.2 Å². The van der Waals surface area contributed by atoms with Gasteiger partial charge in [-0.1, -0.05) is 25.1 Å². The van der Waals surface area contributed by atoms with Crippen LogP contribution in [0.1, 0.15) is 60.1 Å². The summed E-state index contributed by atoms with van der Waals surface area (Å²) >= 11 is 0. The second kappa shape index (κ2) is 5.93. The van der Waals surface area contributed by atoms with Crippen LogP contribution in [0.15, 0.2) is 30.5 Å². The standard InChI is InChI=1S/C24H27N5O/c1-5-14-7-6-8-15-17-11-23(2,30-4)21-18(13-26-27-21)24(17,3)22-16-12-25-10-9-19(16)28-29(22)20(14)15/h6-8,11,13,25H,5,9-10,12H2,1-4H3,(H,26,27). The number of hydrogen-bond acceptors (Lipinski definition) is 4. The molecule has 154 valence electrons. The lowest BCUT2D eigenvalue weighted by atomic mass is 9.62. The molecule has 6 heteroatoms. The molecule has 3 aliphatic rings. The average Bonchev–Trinajstić information content (AvgIpc) is 3.42. The first kappa shape index (κ1) is 18.1. The minimum absolute atomic E-state index is 0.348. The number of nitrogens with zero attached hydrogens (tertiary/aromatic N) is 3. The zero-order valence-corrected chi connectivity index (χ0v) is 18.0. The van der Waals surface area contributed by atoms with E-state index < -0.39 is 5.60 Å². The van der Waals surface area contributed by atoms with E-state index in [1.54, 1.807) is 7.11 Å². The Labute approximate surface area is 176 Å². The third-order valence-corrected chi connectivity index (χ3v) is 7.44. The van der Waals surface area contributed by atoms with Crippen molar-refractivity contribution in [3.05, 3.63) is 69.8 Å². The summed E-state index contributed by atoms with van der Waals surface area (Å²) in [5.41, 5.74) is 10.2. The minimum atomic E-state index is -0.555. The van der Waals surface area contributed by atoms with Gasteiger partial charge in [0.2, 0.25) is 0 Å². The van der Waals surface area contributed by atoms with Crippen LogP contribution in [-0.2, 0) is 35.1 Å². The molecule has 0 spiro atoms. The van der Waals surface area contributed by atoms with Crippen LogP contribution < -0.4 is 5.32 Å². The maximum absolute atomic E-state index is 6.03. The van der Waals surface area contributed by atoms with E-state index in [2.05, 4.69) is 65.2 Å². The highest BCUT2D eigenvalue weighted by molar-refractivity contribution is 5.89. The minimum Gasteiger partial charge on any atom is -0.368 e. The van der Waals surface area contributed by atoms with Crippen molar-refractivity contribution in [1.29, 1.82) is 0 Å². The molecule has 2 aliphatic heterocycles. The first-order valence-electron chi connectivity index (χ1n) is 10.8. The second-order valence-corrected chi connectivity index (χ2v) is 8.93. The molecule has 0 saturated carbocycles. The van der Waals surface area contributed by atoms with Gasteiger partial charge in [-0.05, 0) is 37.5 Å². The molecule has 0 amide bonds. The molecule has 2 unspecified atom stereocenters. The third-order valence-electron chi connectivity index (χ3n) is 7.44. The lowest BCUT2D eigenvalue weighted by Crippen LogP contribution is -2.42. The highest BCUT2D eigenvalue weighted by Crippen LogP contribution is 2.57. The third kappa shape index (κ3) is 2.01. The number of para-hydroxylation sites is 1. The number of aromatic amines is 1. The summed E-state index contributed by atoms with van der Waals surface area (Å²) in [5.74, 6) is 0. The van der Waals surface area contributed by atoms with Gasteiger partial charge in [0.15, 0.2) is 0 Å². The summed E-state index contributed by atoms with van der Waals surface area (Å²) in [6.07, 6.45) is 6.20. The summed E-state index contributed by atoms with van der Waals surface area (Å²) in [7, 11) is 1.77. The van der Waals surface area contributed by atoms with E-state index in [9.17, 15) is 0 Å². The van der Waals surface area contributed by atoms with E-state index in [0.29, 0.717) is 0 Å². The van der Waals surface area contributed by atoms with Gasteiger partial charge in [-0.2, -0.15) is 10.2 Å². The number of ether oxygens (including phenoxy) is 1. The molecule has 3 aromatic rings. The molecule has 6 nitrogen and oxygen atoms in total. The molecule has 0 fully saturated rings. The zero-order valence-electron chi connectivity index (χ0n) is 18.0. The fourth-order valence-electron chi connectivity index (χ4n) is 5.77. The van der Waals surface area contributed by atoms with E-state index in [0.717, 1.165) is 31.6 Å². The average molecular weight is 402 g/mol. The van der Waals surface area contributed by atoms with E-state index in [1.165, 1.54) is 44.9 Å². The molecule has 1 aliphatic carbocycles. The molecule has 0 saturated heterocycles. The number of aromatic nitrogens is 4. The lowest BCUT2D eigenvalue weighted by molar-refractivity contribution is 0.0394. The Morgan fingerprint density at radius 1 is 1.27 bits per heavy atom. The largest absolute Gasteiger partial charge is 0.368 e. The van der Waals surface area contributed by atoms with Crippen LogP contribution in [0.5, 0.6) is 0 Å². The van der Waals surface area contributed by atoms with Crippen LogP contribution in [0.4, 0.5) is 0 Å². The van der Waals surface area contributed by atoms with Crippen molar-refractivity contribution in [1.82, 2.24) is 25.3 Å². The number of H-pyrrole nitrogens is 1.